The molecule has 0 saturated carbocycles. The monoisotopic (exact) mass is 478 g/mol. The number of urea groups is 1. The number of hydrogen-bond acceptors (Lipinski definition) is 2. The zero-order valence-electron chi connectivity index (χ0n) is 19.2. The van der Waals surface area contributed by atoms with Crippen LogP contribution in [0.15, 0.2) is 36.5 Å². The van der Waals surface area contributed by atoms with E-state index >= 15 is 0 Å². The first-order valence-corrected chi connectivity index (χ1v) is 11.8. The number of unbranched alkanes of at least 4 members (excludes halogenated alkanes) is 1. The molecule has 1 aromatic heterocycles. The summed E-state index contributed by atoms with van der Waals surface area (Å²) in [7, 11) is 0. The van der Waals surface area contributed by atoms with E-state index in [0.29, 0.717) is 29.7 Å². The summed E-state index contributed by atoms with van der Waals surface area (Å²) in [5.74, 6) is -0.103. The summed E-state index contributed by atoms with van der Waals surface area (Å²) < 4.78 is 2.15. The van der Waals surface area contributed by atoms with Gasteiger partial charge in [0.05, 0.1) is 16.1 Å². The molecule has 174 valence electrons. The van der Waals surface area contributed by atoms with Crippen LogP contribution in [0, 0.1) is 0 Å². The minimum absolute atomic E-state index is 0.0000111. The lowest BCUT2D eigenvalue weighted by Gasteiger charge is -2.41. The lowest BCUT2D eigenvalue weighted by Crippen LogP contribution is -2.55. The van der Waals surface area contributed by atoms with E-state index in [1.807, 2.05) is 56.1 Å². The van der Waals surface area contributed by atoms with Gasteiger partial charge in [-0.15, -0.1) is 0 Å². The van der Waals surface area contributed by atoms with Crippen LogP contribution in [-0.4, -0.2) is 51.5 Å². The van der Waals surface area contributed by atoms with Crippen LogP contribution in [0.25, 0.3) is 0 Å². The van der Waals surface area contributed by atoms with Crippen molar-refractivity contribution in [3.8, 4) is 0 Å². The van der Waals surface area contributed by atoms with Gasteiger partial charge >= 0.3 is 6.03 Å². The average molecular weight is 479 g/mol. The van der Waals surface area contributed by atoms with Crippen LogP contribution in [0.4, 0.5) is 4.79 Å². The maximum absolute atomic E-state index is 13.6. The third-order valence-electron chi connectivity index (χ3n) is 5.77. The fraction of sp³-hybridized carbons (Fsp3) is 0.500. The summed E-state index contributed by atoms with van der Waals surface area (Å²) in [6.07, 6.45) is 3.91. The number of nitrogens with zero attached hydrogens (tertiary/aromatic N) is 3. The Morgan fingerprint density at radius 3 is 2.56 bits per heavy atom. The molecular formula is C24H32Cl2N4O2. The van der Waals surface area contributed by atoms with E-state index in [1.54, 1.807) is 11.0 Å². The molecule has 2 aromatic rings. The second kappa shape index (κ2) is 10.2. The van der Waals surface area contributed by atoms with Gasteiger partial charge in [0, 0.05) is 37.1 Å². The predicted molar refractivity (Wildman–Crippen MR) is 129 cm³/mol. The van der Waals surface area contributed by atoms with E-state index in [-0.39, 0.29) is 24.5 Å². The Bertz CT molecular complexity index is 967. The first-order valence-electron chi connectivity index (χ1n) is 11.1. The molecule has 0 radical (unpaired) electrons. The molecule has 1 aliphatic rings. The van der Waals surface area contributed by atoms with E-state index in [0.717, 1.165) is 24.1 Å². The van der Waals surface area contributed by atoms with Crippen LogP contribution >= 0.6 is 23.2 Å². The molecule has 0 fully saturated rings. The van der Waals surface area contributed by atoms with Gasteiger partial charge in [-0.05, 0) is 57.0 Å². The molecule has 1 aliphatic heterocycles. The van der Waals surface area contributed by atoms with Gasteiger partial charge in [0.15, 0.2) is 0 Å². The zero-order chi connectivity index (χ0) is 23.5. The number of hydrogen-bond donors (Lipinski definition) is 1. The summed E-state index contributed by atoms with van der Waals surface area (Å²) in [6.45, 7) is 9.74. The molecule has 0 spiro atoms. The average Bonchev–Trinajstić information content (AvgIpc) is 3.21. The van der Waals surface area contributed by atoms with Crippen molar-refractivity contribution in [2.45, 2.75) is 58.7 Å². The van der Waals surface area contributed by atoms with E-state index in [2.05, 4.69) is 16.8 Å². The van der Waals surface area contributed by atoms with Gasteiger partial charge in [0.25, 0.3) is 0 Å². The molecule has 8 heteroatoms. The lowest BCUT2D eigenvalue weighted by molar-refractivity contribution is -0.135. The highest BCUT2D eigenvalue weighted by Gasteiger charge is 2.36. The molecular weight excluding hydrogens is 447 g/mol. The molecule has 3 rings (SSSR count). The number of nitrogens with one attached hydrogen (secondary N) is 1. The topological polar surface area (TPSA) is 57.6 Å². The largest absolute Gasteiger partial charge is 0.348 e. The Hall–Kier alpha value is -2.18. The Morgan fingerprint density at radius 2 is 1.91 bits per heavy atom. The van der Waals surface area contributed by atoms with Crippen molar-refractivity contribution in [1.82, 2.24) is 19.7 Å². The van der Waals surface area contributed by atoms with Gasteiger partial charge in [0.1, 0.15) is 6.54 Å². The van der Waals surface area contributed by atoms with Gasteiger partial charge in [0.2, 0.25) is 5.91 Å². The number of aromatic nitrogens is 1. The van der Waals surface area contributed by atoms with Crippen molar-refractivity contribution in [3.63, 3.8) is 0 Å². The zero-order valence-corrected chi connectivity index (χ0v) is 20.7. The number of benzene rings is 1. The summed E-state index contributed by atoms with van der Waals surface area (Å²) in [5.41, 5.74) is 1.40. The highest BCUT2D eigenvalue weighted by Crippen LogP contribution is 2.35. The van der Waals surface area contributed by atoms with Crippen molar-refractivity contribution in [2.75, 3.05) is 19.6 Å². The Morgan fingerprint density at radius 1 is 1.16 bits per heavy atom. The number of fused-ring (bicyclic) bond motifs is 1. The third-order valence-corrected chi connectivity index (χ3v) is 6.51. The fourth-order valence-electron chi connectivity index (χ4n) is 3.99. The van der Waals surface area contributed by atoms with E-state index < -0.39 is 5.54 Å². The van der Waals surface area contributed by atoms with Crippen LogP contribution in [0.5, 0.6) is 0 Å². The van der Waals surface area contributed by atoms with Crippen LogP contribution in [0.3, 0.4) is 0 Å². The van der Waals surface area contributed by atoms with Crippen LogP contribution in [0.1, 0.15) is 57.8 Å². The van der Waals surface area contributed by atoms with Crippen molar-refractivity contribution in [3.05, 3.63) is 57.8 Å². The second-order valence-electron chi connectivity index (χ2n) is 9.13. The summed E-state index contributed by atoms with van der Waals surface area (Å²) in [5, 5.41) is 3.87. The molecule has 1 unspecified atom stereocenters. The highest BCUT2D eigenvalue weighted by atomic mass is 35.5. The van der Waals surface area contributed by atoms with E-state index in [9.17, 15) is 9.59 Å². The van der Waals surface area contributed by atoms with Gasteiger partial charge in [-0.3, -0.25) is 4.79 Å². The van der Waals surface area contributed by atoms with E-state index in [1.165, 1.54) is 0 Å². The summed E-state index contributed by atoms with van der Waals surface area (Å²) >= 11 is 12.4. The molecule has 0 saturated heterocycles. The minimum Gasteiger partial charge on any atom is -0.348 e. The first kappa shape index (κ1) is 24.5. The standard InChI is InChI=1S/C24H32Cl2N4O2/c1-5-6-11-27-23(32)30(24(2,3)4)16-21(31)29-14-13-28-12-7-8-20(28)22(29)17-9-10-18(25)19(26)15-17/h7-10,12,15,22H,5-6,11,13-14,16H2,1-4H3,(H,27,32). The summed E-state index contributed by atoms with van der Waals surface area (Å²) in [6, 6.07) is 8.96. The molecule has 3 amide bonds. The smallest absolute Gasteiger partial charge is 0.318 e. The molecule has 0 aliphatic carbocycles. The molecule has 6 nitrogen and oxygen atoms in total. The molecule has 1 atom stereocenters. The predicted octanol–water partition coefficient (Wildman–Crippen LogP) is 5.34. The Kier molecular flexibility index (Phi) is 7.78. The first-order chi connectivity index (χ1) is 15.1. The maximum atomic E-state index is 13.6. The highest BCUT2D eigenvalue weighted by molar-refractivity contribution is 6.42. The SMILES string of the molecule is CCCCNC(=O)N(CC(=O)N1CCn2cccc2C1c1ccc(Cl)c(Cl)c1)C(C)(C)C. The number of rotatable bonds is 6. The number of halogens is 2. The number of carbonyl (C=O) groups excluding carboxylic acids is 2. The Balaban J connectivity index is 1.88. The maximum Gasteiger partial charge on any atom is 0.318 e. The fourth-order valence-corrected chi connectivity index (χ4v) is 4.30. The molecule has 1 aromatic carbocycles. The van der Waals surface area contributed by atoms with Crippen LogP contribution < -0.4 is 5.32 Å². The van der Waals surface area contributed by atoms with Crippen LogP contribution in [-0.2, 0) is 11.3 Å². The molecule has 0 bridgehead atoms. The minimum atomic E-state index is -0.499. The number of amides is 3. The summed E-state index contributed by atoms with van der Waals surface area (Å²) in [4.78, 5) is 29.9. The molecule has 1 N–H and O–H groups in total. The van der Waals surface area contributed by atoms with Gasteiger partial charge < -0.3 is 19.7 Å². The van der Waals surface area contributed by atoms with Crippen molar-refractivity contribution in [2.24, 2.45) is 0 Å². The van der Waals surface area contributed by atoms with Gasteiger partial charge in [-0.2, -0.15) is 0 Å². The lowest BCUT2D eigenvalue weighted by atomic mass is 9.99. The van der Waals surface area contributed by atoms with Gasteiger partial charge in [-0.1, -0.05) is 42.6 Å². The quantitative estimate of drug-likeness (QED) is 0.569. The Labute approximate surface area is 200 Å². The van der Waals surface area contributed by atoms with Crippen molar-refractivity contribution in [1.29, 1.82) is 0 Å². The van der Waals surface area contributed by atoms with Crippen LogP contribution in [0.2, 0.25) is 10.0 Å². The molecule has 32 heavy (non-hydrogen) atoms. The number of carbonyl (C=O) groups is 2. The normalized spacial score (nSPS) is 15.9. The molecule has 2 heterocycles. The van der Waals surface area contributed by atoms with Gasteiger partial charge in [-0.25, -0.2) is 4.79 Å². The van der Waals surface area contributed by atoms with E-state index in [4.69, 9.17) is 23.2 Å². The second-order valence-corrected chi connectivity index (χ2v) is 9.95. The third kappa shape index (κ3) is 5.41. The van der Waals surface area contributed by atoms with Crippen molar-refractivity contribution < 1.29 is 9.59 Å². The van der Waals surface area contributed by atoms with Crippen molar-refractivity contribution >= 4 is 35.1 Å².